The van der Waals surface area contributed by atoms with Crippen LogP contribution in [0.25, 0.3) is 0 Å². The monoisotopic (exact) mass is 326 g/mol. The van der Waals surface area contributed by atoms with Crippen molar-refractivity contribution in [1.82, 2.24) is 9.97 Å². The molecule has 0 fully saturated rings. The van der Waals surface area contributed by atoms with E-state index in [0.717, 1.165) is 15.7 Å². The number of hydrogen-bond donors (Lipinski definition) is 2. The molecule has 2 rings (SSSR count). The van der Waals surface area contributed by atoms with E-state index < -0.39 is 0 Å². The van der Waals surface area contributed by atoms with E-state index >= 15 is 0 Å². The third-order valence-corrected chi connectivity index (χ3v) is 3.43. The first-order valence-corrected chi connectivity index (χ1v) is 6.46. The van der Waals surface area contributed by atoms with Gasteiger partial charge in [0.25, 0.3) is 0 Å². The summed E-state index contributed by atoms with van der Waals surface area (Å²) in [6.45, 7) is 3.74. The van der Waals surface area contributed by atoms with Gasteiger partial charge >= 0.3 is 0 Å². The molecule has 0 saturated carbocycles. The van der Waals surface area contributed by atoms with Gasteiger partial charge in [0, 0.05) is 15.6 Å². The van der Waals surface area contributed by atoms with Crippen molar-refractivity contribution >= 4 is 44.9 Å². The minimum atomic E-state index is 0.430. The van der Waals surface area contributed by atoms with Gasteiger partial charge in [-0.15, -0.1) is 0 Å². The predicted molar refractivity (Wildman–Crippen MR) is 78.4 cm³/mol. The van der Waals surface area contributed by atoms with Crippen molar-refractivity contribution in [2.45, 2.75) is 13.8 Å². The van der Waals surface area contributed by atoms with E-state index in [0.29, 0.717) is 22.5 Å². The van der Waals surface area contributed by atoms with Crippen LogP contribution in [0.15, 0.2) is 22.7 Å². The van der Waals surface area contributed by atoms with Crippen molar-refractivity contribution in [3.8, 4) is 0 Å². The molecule has 0 radical (unpaired) electrons. The van der Waals surface area contributed by atoms with Crippen LogP contribution >= 0.6 is 27.5 Å². The highest BCUT2D eigenvalue weighted by molar-refractivity contribution is 9.10. The molecule has 0 atom stereocenters. The van der Waals surface area contributed by atoms with Crippen LogP contribution in [0.2, 0.25) is 5.02 Å². The van der Waals surface area contributed by atoms with Gasteiger partial charge in [-0.3, -0.25) is 0 Å². The molecule has 0 saturated heterocycles. The molecular formula is C12H12BrClN4. The fourth-order valence-electron chi connectivity index (χ4n) is 1.53. The summed E-state index contributed by atoms with van der Waals surface area (Å²) < 4.78 is 0.916. The zero-order chi connectivity index (χ0) is 13.3. The zero-order valence-electron chi connectivity index (χ0n) is 9.96. The summed E-state index contributed by atoms with van der Waals surface area (Å²) in [5, 5.41) is 3.85. The standard InChI is InChI=1S/C12H12BrClN4/c1-6-3-8(13)10(4-9(6)14)18-12-5-11(15)16-7(2)17-12/h3-5H,1-2H3,(H3,15,16,17,18). The van der Waals surface area contributed by atoms with Crippen molar-refractivity contribution in [2.24, 2.45) is 0 Å². The second-order valence-electron chi connectivity index (χ2n) is 3.93. The van der Waals surface area contributed by atoms with Crippen LogP contribution in [0, 0.1) is 13.8 Å². The molecule has 3 N–H and O–H groups in total. The molecule has 1 aromatic heterocycles. The van der Waals surface area contributed by atoms with Gasteiger partial charge in [-0.2, -0.15) is 0 Å². The lowest BCUT2D eigenvalue weighted by molar-refractivity contribution is 1.06. The highest BCUT2D eigenvalue weighted by atomic mass is 79.9. The van der Waals surface area contributed by atoms with E-state index in [1.165, 1.54) is 0 Å². The van der Waals surface area contributed by atoms with Crippen LogP contribution in [-0.4, -0.2) is 9.97 Å². The Morgan fingerprint density at radius 3 is 2.61 bits per heavy atom. The molecule has 0 amide bonds. The highest BCUT2D eigenvalue weighted by Crippen LogP contribution is 2.31. The topological polar surface area (TPSA) is 63.8 Å². The van der Waals surface area contributed by atoms with Crippen molar-refractivity contribution in [3.63, 3.8) is 0 Å². The molecular weight excluding hydrogens is 316 g/mol. The molecule has 0 unspecified atom stereocenters. The number of aromatic nitrogens is 2. The van der Waals surface area contributed by atoms with Gasteiger partial charge < -0.3 is 11.1 Å². The average Bonchev–Trinajstić information content (AvgIpc) is 2.24. The third kappa shape index (κ3) is 2.91. The van der Waals surface area contributed by atoms with E-state index in [9.17, 15) is 0 Å². The van der Waals surface area contributed by atoms with Crippen LogP contribution in [-0.2, 0) is 0 Å². The van der Waals surface area contributed by atoms with Gasteiger partial charge in [-0.05, 0) is 47.5 Å². The second-order valence-corrected chi connectivity index (χ2v) is 5.19. The molecule has 18 heavy (non-hydrogen) atoms. The van der Waals surface area contributed by atoms with Crippen LogP contribution in [0.3, 0.4) is 0 Å². The first-order valence-electron chi connectivity index (χ1n) is 5.29. The predicted octanol–water partition coefficient (Wildman–Crippen LogP) is 3.84. The summed E-state index contributed by atoms with van der Waals surface area (Å²) in [4.78, 5) is 8.28. The molecule has 0 spiro atoms. The Morgan fingerprint density at radius 2 is 1.94 bits per heavy atom. The smallest absolute Gasteiger partial charge is 0.136 e. The van der Waals surface area contributed by atoms with Crippen molar-refractivity contribution in [3.05, 3.63) is 39.1 Å². The number of benzene rings is 1. The first-order chi connectivity index (χ1) is 8.45. The minimum Gasteiger partial charge on any atom is -0.384 e. The lowest BCUT2D eigenvalue weighted by atomic mass is 10.2. The van der Waals surface area contributed by atoms with Gasteiger partial charge in [0.1, 0.15) is 17.5 Å². The molecule has 6 heteroatoms. The Bertz CT molecular complexity index is 581. The average molecular weight is 328 g/mol. The number of nitrogens with one attached hydrogen (secondary N) is 1. The Kier molecular flexibility index (Phi) is 3.73. The molecule has 0 aliphatic heterocycles. The summed E-state index contributed by atoms with van der Waals surface area (Å²) in [6, 6.07) is 5.46. The van der Waals surface area contributed by atoms with Crippen molar-refractivity contribution < 1.29 is 0 Å². The lowest BCUT2D eigenvalue weighted by Crippen LogP contribution is -2.01. The van der Waals surface area contributed by atoms with E-state index in [2.05, 4.69) is 31.2 Å². The number of rotatable bonds is 2. The first kappa shape index (κ1) is 13.1. The molecule has 1 heterocycles. The van der Waals surface area contributed by atoms with E-state index in [1.807, 2.05) is 19.1 Å². The van der Waals surface area contributed by atoms with Gasteiger partial charge in [0.2, 0.25) is 0 Å². The van der Waals surface area contributed by atoms with Gasteiger partial charge in [0.15, 0.2) is 0 Å². The zero-order valence-corrected chi connectivity index (χ0v) is 12.3. The van der Waals surface area contributed by atoms with Gasteiger partial charge in [-0.25, -0.2) is 9.97 Å². The van der Waals surface area contributed by atoms with E-state index in [-0.39, 0.29) is 0 Å². The maximum atomic E-state index is 6.10. The summed E-state index contributed by atoms with van der Waals surface area (Å²) in [5.41, 5.74) is 7.52. The second kappa shape index (κ2) is 5.12. The normalized spacial score (nSPS) is 10.4. The Labute approximate surface area is 119 Å². The molecule has 94 valence electrons. The number of aryl methyl sites for hydroxylation is 2. The fraction of sp³-hybridized carbons (Fsp3) is 0.167. The molecule has 4 nitrogen and oxygen atoms in total. The number of hydrogen-bond acceptors (Lipinski definition) is 4. The van der Waals surface area contributed by atoms with Crippen LogP contribution in [0.4, 0.5) is 17.3 Å². The Hall–Kier alpha value is -1.33. The largest absolute Gasteiger partial charge is 0.384 e. The van der Waals surface area contributed by atoms with E-state index in [1.54, 1.807) is 13.0 Å². The minimum absolute atomic E-state index is 0.430. The van der Waals surface area contributed by atoms with Gasteiger partial charge in [0.05, 0.1) is 5.69 Å². The molecule has 0 bridgehead atoms. The molecule has 1 aromatic carbocycles. The van der Waals surface area contributed by atoms with Crippen molar-refractivity contribution in [1.29, 1.82) is 0 Å². The number of anilines is 3. The third-order valence-electron chi connectivity index (χ3n) is 2.37. The molecule has 0 aliphatic rings. The van der Waals surface area contributed by atoms with E-state index in [4.69, 9.17) is 17.3 Å². The molecule has 0 aliphatic carbocycles. The summed E-state index contributed by atoms with van der Waals surface area (Å²) >= 11 is 9.58. The summed E-state index contributed by atoms with van der Waals surface area (Å²) in [5.74, 6) is 1.69. The number of nitrogen functional groups attached to an aromatic ring is 1. The van der Waals surface area contributed by atoms with Crippen LogP contribution in [0.1, 0.15) is 11.4 Å². The highest BCUT2D eigenvalue weighted by Gasteiger charge is 2.06. The number of nitrogens with two attached hydrogens (primary N) is 1. The molecule has 2 aromatic rings. The van der Waals surface area contributed by atoms with Gasteiger partial charge in [-0.1, -0.05) is 11.6 Å². The lowest BCUT2D eigenvalue weighted by Gasteiger charge is -2.10. The number of nitrogens with zero attached hydrogens (tertiary/aromatic N) is 2. The Morgan fingerprint density at radius 1 is 1.22 bits per heavy atom. The summed E-state index contributed by atoms with van der Waals surface area (Å²) in [7, 11) is 0. The summed E-state index contributed by atoms with van der Waals surface area (Å²) in [6.07, 6.45) is 0. The van der Waals surface area contributed by atoms with Crippen molar-refractivity contribution in [2.75, 3.05) is 11.1 Å². The SMILES string of the molecule is Cc1nc(N)cc(Nc2cc(Cl)c(C)cc2Br)n1. The Balaban J connectivity index is 2.36. The maximum absolute atomic E-state index is 6.10. The van der Waals surface area contributed by atoms with Crippen LogP contribution in [0.5, 0.6) is 0 Å². The maximum Gasteiger partial charge on any atom is 0.136 e. The fourth-order valence-corrected chi connectivity index (χ4v) is 2.26. The van der Waals surface area contributed by atoms with Crippen LogP contribution < -0.4 is 11.1 Å². The quantitative estimate of drug-likeness (QED) is 0.879. The number of halogens is 2.